The number of rotatable bonds is 8. The fourth-order valence-corrected chi connectivity index (χ4v) is 2.04. The van der Waals surface area contributed by atoms with E-state index in [-0.39, 0.29) is 18.4 Å². The molecule has 0 saturated carbocycles. The van der Waals surface area contributed by atoms with Crippen molar-refractivity contribution in [2.24, 2.45) is 10.7 Å². The van der Waals surface area contributed by atoms with Crippen molar-refractivity contribution in [2.75, 3.05) is 20.8 Å². The number of hydrogen-bond donors (Lipinski definition) is 3. The van der Waals surface area contributed by atoms with Gasteiger partial charge in [-0.25, -0.2) is 4.99 Å². The van der Waals surface area contributed by atoms with Crippen LogP contribution in [0.25, 0.3) is 0 Å². The van der Waals surface area contributed by atoms with E-state index in [4.69, 9.17) is 19.6 Å². The second-order valence-electron chi connectivity index (χ2n) is 5.10. The van der Waals surface area contributed by atoms with E-state index in [1.165, 1.54) is 0 Å². The van der Waals surface area contributed by atoms with Crippen LogP contribution in [0.2, 0.25) is 0 Å². The van der Waals surface area contributed by atoms with Gasteiger partial charge >= 0.3 is 0 Å². The SMILES string of the molecule is COc1ccc(CN=C(N)NCC(=O)NCc2ccco2)cc1OC. The average molecular weight is 346 g/mol. The summed E-state index contributed by atoms with van der Waals surface area (Å²) < 4.78 is 15.6. The van der Waals surface area contributed by atoms with Gasteiger partial charge in [0.05, 0.1) is 40.1 Å². The molecule has 134 valence electrons. The van der Waals surface area contributed by atoms with Gasteiger partial charge in [-0.3, -0.25) is 4.79 Å². The summed E-state index contributed by atoms with van der Waals surface area (Å²) in [5.74, 6) is 1.93. The molecular formula is C17H22N4O4. The molecule has 8 nitrogen and oxygen atoms in total. The number of nitrogens with zero attached hydrogens (tertiary/aromatic N) is 1. The lowest BCUT2D eigenvalue weighted by Crippen LogP contribution is -2.40. The van der Waals surface area contributed by atoms with Crippen molar-refractivity contribution in [3.05, 3.63) is 47.9 Å². The Kier molecular flexibility index (Phi) is 6.70. The molecule has 0 spiro atoms. The second-order valence-corrected chi connectivity index (χ2v) is 5.10. The molecule has 0 unspecified atom stereocenters. The number of nitrogens with one attached hydrogen (secondary N) is 2. The Labute approximate surface area is 146 Å². The quantitative estimate of drug-likeness (QED) is 0.486. The maximum atomic E-state index is 11.7. The van der Waals surface area contributed by atoms with Crippen LogP contribution in [-0.2, 0) is 17.9 Å². The van der Waals surface area contributed by atoms with Crippen molar-refractivity contribution >= 4 is 11.9 Å². The first-order valence-corrected chi connectivity index (χ1v) is 7.66. The third kappa shape index (κ3) is 5.76. The van der Waals surface area contributed by atoms with Crippen LogP contribution in [-0.4, -0.2) is 32.6 Å². The van der Waals surface area contributed by atoms with Crippen molar-refractivity contribution in [1.82, 2.24) is 10.6 Å². The number of hydrogen-bond acceptors (Lipinski definition) is 5. The normalized spacial score (nSPS) is 11.0. The number of aliphatic imine (C=N–C) groups is 1. The molecule has 2 aromatic rings. The standard InChI is InChI=1S/C17H22N4O4/c1-23-14-6-5-12(8-15(14)24-2)9-20-17(18)21-11-16(22)19-10-13-4-3-7-25-13/h3-8H,9-11H2,1-2H3,(H,19,22)(H3,18,20,21). The lowest BCUT2D eigenvalue weighted by Gasteiger charge is -2.09. The van der Waals surface area contributed by atoms with E-state index < -0.39 is 0 Å². The second kappa shape index (κ2) is 9.21. The molecule has 1 heterocycles. The summed E-state index contributed by atoms with van der Waals surface area (Å²) in [7, 11) is 3.15. The number of nitrogens with two attached hydrogens (primary N) is 1. The third-order valence-electron chi connectivity index (χ3n) is 3.35. The van der Waals surface area contributed by atoms with Gasteiger partial charge in [-0.1, -0.05) is 6.07 Å². The smallest absolute Gasteiger partial charge is 0.239 e. The van der Waals surface area contributed by atoms with Crippen molar-refractivity contribution in [2.45, 2.75) is 13.1 Å². The highest BCUT2D eigenvalue weighted by Gasteiger charge is 2.05. The number of guanidine groups is 1. The number of furan rings is 1. The topological polar surface area (TPSA) is 111 Å². The first kappa shape index (κ1) is 18.2. The molecule has 0 bridgehead atoms. The van der Waals surface area contributed by atoms with Crippen molar-refractivity contribution in [3.63, 3.8) is 0 Å². The molecule has 0 aliphatic heterocycles. The van der Waals surface area contributed by atoms with Gasteiger partial charge in [-0.05, 0) is 29.8 Å². The number of benzene rings is 1. The molecule has 1 aromatic heterocycles. The van der Waals surface area contributed by atoms with Gasteiger partial charge in [0, 0.05) is 0 Å². The Morgan fingerprint density at radius 1 is 1.20 bits per heavy atom. The number of methoxy groups -OCH3 is 2. The molecule has 0 saturated heterocycles. The van der Waals surface area contributed by atoms with Crippen LogP contribution in [0, 0.1) is 0 Å². The zero-order chi connectivity index (χ0) is 18.1. The minimum absolute atomic E-state index is 0.0297. The van der Waals surface area contributed by atoms with Crippen LogP contribution in [0.1, 0.15) is 11.3 Å². The summed E-state index contributed by atoms with van der Waals surface area (Å²) in [6.07, 6.45) is 1.55. The van der Waals surface area contributed by atoms with Crippen LogP contribution in [0.4, 0.5) is 0 Å². The van der Waals surface area contributed by atoms with E-state index in [0.29, 0.717) is 30.3 Å². The highest BCUT2D eigenvalue weighted by atomic mass is 16.5. The van der Waals surface area contributed by atoms with Crippen LogP contribution in [0.3, 0.4) is 0 Å². The molecule has 1 aromatic carbocycles. The fourth-order valence-electron chi connectivity index (χ4n) is 2.04. The first-order valence-electron chi connectivity index (χ1n) is 7.66. The van der Waals surface area contributed by atoms with Crippen molar-refractivity contribution in [3.8, 4) is 11.5 Å². The van der Waals surface area contributed by atoms with E-state index in [9.17, 15) is 4.79 Å². The zero-order valence-corrected chi connectivity index (χ0v) is 14.2. The largest absolute Gasteiger partial charge is 0.493 e. The summed E-state index contributed by atoms with van der Waals surface area (Å²) in [5, 5.41) is 5.47. The predicted molar refractivity (Wildman–Crippen MR) is 93.4 cm³/mol. The van der Waals surface area contributed by atoms with Gasteiger partial charge in [-0.15, -0.1) is 0 Å². The van der Waals surface area contributed by atoms with Crippen LogP contribution in [0.5, 0.6) is 11.5 Å². The maximum absolute atomic E-state index is 11.7. The van der Waals surface area contributed by atoms with Gasteiger partial charge in [-0.2, -0.15) is 0 Å². The number of carbonyl (C=O) groups excluding carboxylic acids is 1. The minimum atomic E-state index is -0.208. The van der Waals surface area contributed by atoms with Crippen molar-refractivity contribution < 1.29 is 18.7 Å². The van der Waals surface area contributed by atoms with Crippen LogP contribution in [0.15, 0.2) is 46.0 Å². The maximum Gasteiger partial charge on any atom is 0.239 e. The summed E-state index contributed by atoms with van der Waals surface area (Å²) in [5.41, 5.74) is 6.68. The van der Waals surface area contributed by atoms with E-state index >= 15 is 0 Å². The lowest BCUT2D eigenvalue weighted by atomic mass is 10.2. The fraction of sp³-hybridized carbons (Fsp3) is 0.294. The summed E-state index contributed by atoms with van der Waals surface area (Å²) in [6, 6.07) is 9.04. The molecule has 0 aliphatic carbocycles. The molecule has 0 fully saturated rings. The molecule has 25 heavy (non-hydrogen) atoms. The van der Waals surface area contributed by atoms with Gasteiger partial charge in [0.15, 0.2) is 17.5 Å². The highest BCUT2D eigenvalue weighted by molar-refractivity contribution is 5.85. The zero-order valence-electron chi connectivity index (χ0n) is 14.2. The molecule has 4 N–H and O–H groups in total. The molecule has 0 radical (unpaired) electrons. The molecule has 0 atom stereocenters. The van der Waals surface area contributed by atoms with E-state index in [0.717, 1.165) is 5.56 Å². The molecule has 1 amide bonds. The van der Waals surface area contributed by atoms with Gasteiger partial charge in [0.1, 0.15) is 5.76 Å². The summed E-state index contributed by atoms with van der Waals surface area (Å²) in [4.78, 5) is 15.9. The number of amides is 1. The Morgan fingerprint density at radius 3 is 2.68 bits per heavy atom. The van der Waals surface area contributed by atoms with Crippen LogP contribution >= 0.6 is 0 Å². The van der Waals surface area contributed by atoms with Gasteiger partial charge in [0.2, 0.25) is 5.91 Å². The highest BCUT2D eigenvalue weighted by Crippen LogP contribution is 2.27. The van der Waals surface area contributed by atoms with Crippen molar-refractivity contribution in [1.29, 1.82) is 0 Å². The molecule has 8 heteroatoms. The molecule has 0 aliphatic rings. The third-order valence-corrected chi connectivity index (χ3v) is 3.35. The Bertz CT molecular complexity index is 713. The molecule has 2 rings (SSSR count). The number of ether oxygens (including phenoxy) is 2. The Morgan fingerprint density at radius 2 is 2.00 bits per heavy atom. The summed E-state index contributed by atoms with van der Waals surface area (Å²) in [6.45, 7) is 0.714. The van der Waals surface area contributed by atoms with E-state index in [1.807, 2.05) is 12.1 Å². The van der Waals surface area contributed by atoms with Crippen LogP contribution < -0.4 is 25.8 Å². The minimum Gasteiger partial charge on any atom is -0.493 e. The molecular weight excluding hydrogens is 324 g/mol. The lowest BCUT2D eigenvalue weighted by molar-refractivity contribution is -0.120. The monoisotopic (exact) mass is 346 g/mol. The first-order chi connectivity index (χ1) is 12.1. The van der Waals surface area contributed by atoms with E-state index in [2.05, 4.69) is 15.6 Å². The number of carbonyl (C=O) groups is 1. The van der Waals surface area contributed by atoms with E-state index in [1.54, 1.807) is 38.7 Å². The Hall–Kier alpha value is -3.16. The van der Waals surface area contributed by atoms with Gasteiger partial charge < -0.3 is 30.3 Å². The Balaban J connectivity index is 1.78. The van der Waals surface area contributed by atoms with Gasteiger partial charge in [0.25, 0.3) is 0 Å². The average Bonchev–Trinajstić information content (AvgIpc) is 3.16. The predicted octanol–water partition coefficient (Wildman–Crippen LogP) is 1.02. The summed E-state index contributed by atoms with van der Waals surface area (Å²) >= 11 is 0.